The van der Waals surface area contributed by atoms with Crippen molar-refractivity contribution in [1.29, 1.82) is 0 Å². The van der Waals surface area contributed by atoms with E-state index in [2.05, 4.69) is 23.8 Å². The number of halogens is 1. The van der Waals surface area contributed by atoms with Gasteiger partial charge in [0.1, 0.15) is 10.0 Å². The largest absolute Gasteiger partial charge is 0.361 e. The molecule has 3 rings (SSSR count). The monoisotopic (exact) mass is 405 g/mol. The average molecular weight is 406 g/mol. The van der Waals surface area contributed by atoms with Crippen LogP contribution in [0.5, 0.6) is 0 Å². The maximum atomic E-state index is 13.5. The van der Waals surface area contributed by atoms with E-state index in [1.54, 1.807) is 13.0 Å². The summed E-state index contributed by atoms with van der Waals surface area (Å²) < 4.78 is 28.6. The van der Waals surface area contributed by atoms with Crippen LogP contribution in [0, 0.1) is 12.8 Å². The molecule has 0 amide bonds. The van der Waals surface area contributed by atoms with Crippen molar-refractivity contribution >= 4 is 38.2 Å². The third-order valence-corrected chi connectivity index (χ3v) is 6.85. The quantitative estimate of drug-likeness (QED) is 0.576. The fraction of sp³-hybridized carbons (Fsp3) is 0.350. The molecule has 1 unspecified atom stereocenters. The number of sulfonamides is 1. The molecule has 1 atom stereocenters. The normalized spacial score (nSPS) is 13.3. The molecular weight excluding hydrogens is 382 g/mol. The van der Waals surface area contributed by atoms with Gasteiger partial charge in [0.05, 0.1) is 5.69 Å². The van der Waals surface area contributed by atoms with Gasteiger partial charge in [0.15, 0.2) is 0 Å². The second-order valence-electron chi connectivity index (χ2n) is 7.31. The van der Waals surface area contributed by atoms with Crippen LogP contribution in [0.4, 0.5) is 5.69 Å². The van der Waals surface area contributed by atoms with E-state index in [1.165, 1.54) is 10.5 Å². The van der Waals surface area contributed by atoms with Crippen LogP contribution in [0.1, 0.15) is 32.8 Å². The summed E-state index contributed by atoms with van der Waals surface area (Å²) in [6.45, 7) is 7.87. The lowest BCUT2D eigenvalue weighted by atomic mass is 10.0. The molecule has 0 aliphatic heterocycles. The maximum Gasteiger partial charge on any atom is 0.266 e. The molecule has 0 saturated carbocycles. The second-order valence-corrected chi connectivity index (χ2v) is 9.48. The number of pyridine rings is 1. The smallest absolute Gasteiger partial charge is 0.266 e. The van der Waals surface area contributed by atoms with E-state index in [-0.39, 0.29) is 10.9 Å². The lowest BCUT2D eigenvalue weighted by molar-refractivity contribution is 0.509. The molecule has 0 radical (unpaired) electrons. The van der Waals surface area contributed by atoms with Crippen LogP contribution in [-0.2, 0) is 10.0 Å². The van der Waals surface area contributed by atoms with Gasteiger partial charge in [0, 0.05) is 29.3 Å². The fourth-order valence-electron chi connectivity index (χ4n) is 3.37. The Morgan fingerprint density at radius 2 is 1.93 bits per heavy atom. The number of aromatic nitrogens is 2. The average Bonchev–Trinajstić information content (AvgIpc) is 3.04. The molecule has 1 aromatic carbocycles. The van der Waals surface area contributed by atoms with E-state index in [1.807, 2.05) is 37.4 Å². The first-order valence-electron chi connectivity index (χ1n) is 8.94. The van der Waals surface area contributed by atoms with Gasteiger partial charge in [0.2, 0.25) is 0 Å². The van der Waals surface area contributed by atoms with Crippen LogP contribution < -0.4 is 4.31 Å². The lowest BCUT2D eigenvalue weighted by Gasteiger charge is -2.31. The van der Waals surface area contributed by atoms with Gasteiger partial charge in [0.25, 0.3) is 10.0 Å². The highest BCUT2D eigenvalue weighted by Crippen LogP contribution is 2.31. The van der Waals surface area contributed by atoms with Gasteiger partial charge in [-0.05, 0) is 62.1 Å². The van der Waals surface area contributed by atoms with E-state index >= 15 is 0 Å². The van der Waals surface area contributed by atoms with Gasteiger partial charge in [-0.25, -0.2) is 13.4 Å². The molecule has 1 N–H and O–H groups in total. The highest BCUT2D eigenvalue weighted by atomic mass is 35.5. The number of aromatic amines is 1. The van der Waals surface area contributed by atoms with Crippen molar-refractivity contribution in [1.82, 2.24) is 9.97 Å². The molecular formula is C20H24ClN3O2S. The van der Waals surface area contributed by atoms with Gasteiger partial charge < -0.3 is 4.98 Å². The molecule has 0 spiro atoms. The number of benzene rings is 1. The zero-order chi connectivity index (χ0) is 19.8. The summed E-state index contributed by atoms with van der Waals surface area (Å²) >= 11 is 5.99. The summed E-state index contributed by atoms with van der Waals surface area (Å²) in [6, 6.07) is 8.95. The van der Waals surface area contributed by atoms with E-state index in [0.29, 0.717) is 22.3 Å². The van der Waals surface area contributed by atoms with E-state index in [9.17, 15) is 8.42 Å². The van der Waals surface area contributed by atoms with Gasteiger partial charge in [-0.15, -0.1) is 0 Å². The lowest BCUT2D eigenvalue weighted by Crippen LogP contribution is -2.39. The third-order valence-electron chi connectivity index (χ3n) is 4.55. The SMILES string of the molecule is Cc1cc(S(=O)(=O)N(c2ccc3[nH]ccc3c2)C(C)CC(C)C)cnc1Cl. The molecule has 3 aromatic rings. The minimum atomic E-state index is -3.79. The van der Waals surface area contributed by atoms with Gasteiger partial charge in [-0.1, -0.05) is 25.4 Å². The van der Waals surface area contributed by atoms with Crippen molar-refractivity contribution in [2.75, 3.05) is 4.31 Å². The Morgan fingerprint density at radius 3 is 2.59 bits per heavy atom. The summed E-state index contributed by atoms with van der Waals surface area (Å²) in [5.41, 5.74) is 2.25. The van der Waals surface area contributed by atoms with Crippen LogP contribution in [0.25, 0.3) is 10.9 Å². The van der Waals surface area contributed by atoms with Crippen LogP contribution in [0.15, 0.2) is 47.6 Å². The molecule has 0 saturated heterocycles. The zero-order valence-electron chi connectivity index (χ0n) is 15.9. The standard InChI is InChI=1S/C20H24ClN3O2S/c1-13(2)9-15(4)24(17-5-6-19-16(11-17)7-8-22-19)27(25,26)18-10-14(3)20(21)23-12-18/h5-8,10-13,15,22H,9H2,1-4H3. The highest BCUT2D eigenvalue weighted by molar-refractivity contribution is 7.92. The number of fused-ring (bicyclic) bond motifs is 1. The number of aryl methyl sites for hydroxylation is 1. The summed E-state index contributed by atoms with van der Waals surface area (Å²) in [4.78, 5) is 7.32. The van der Waals surface area contributed by atoms with Crippen molar-refractivity contribution in [2.45, 2.75) is 45.1 Å². The topological polar surface area (TPSA) is 66.1 Å². The van der Waals surface area contributed by atoms with Crippen LogP contribution >= 0.6 is 11.6 Å². The first-order chi connectivity index (χ1) is 12.7. The van der Waals surface area contributed by atoms with E-state index in [0.717, 1.165) is 17.3 Å². The third kappa shape index (κ3) is 3.96. The number of hydrogen-bond acceptors (Lipinski definition) is 3. The maximum absolute atomic E-state index is 13.5. The van der Waals surface area contributed by atoms with Crippen molar-refractivity contribution in [3.63, 3.8) is 0 Å². The van der Waals surface area contributed by atoms with Crippen LogP contribution in [0.3, 0.4) is 0 Å². The first-order valence-corrected chi connectivity index (χ1v) is 10.8. The molecule has 7 heteroatoms. The molecule has 27 heavy (non-hydrogen) atoms. The zero-order valence-corrected chi connectivity index (χ0v) is 17.5. The minimum absolute atomic E-state index is 0.147. The molecule has 2 aromatic heterocycles. The predicted octanol–water partition coefficient (Wildman–Crippen LogP) is 5.15. The Balaban J connectivity index is 2.14. The Kier molecular flexibility index (Phi) is 5.49. The Labute approximate surface area is 165 Å². The molecule has 0 fully saturated rings. The van der Waals surface area contributed by atoms with E-state index in [4.69, 9.17) is 11.6 Å². The summed E-state index contributed by atoms with van der Waals surface area (Å²) in [7, 11) is -3.79. The molecule has 5 nitrogen and oxygen atoms in total. The number of nitrogens with one attached hydrogen (secondary N) is 1. The van der Waals surface area contributed by atoms with Crippen molar-refractivity contribution in [2.24, 2.45) is 5.92 Å². The molecule has 144 valence electrons. The van der Waals surface area contributed by atoms with Crippen molar-refractivity contribution < 1.29 is 8.42 Å². The Hall–Kier alpha value is -2.05. The van der Waals surface area contributed by atoms with Crippen molar-refractivity contribution in [3.8, 4) is 0 Å². The first kappa shape index (κ1) is 19.7. The highest BCUT2D eigenvalue weighted by Gasteiger charge is 2.30. The number of rotatable bonds is 6. The molecule has 0 aliphatic rings. The van der Waals surface area contributed by atoms with Crippen molar-refractivity contribution in [3.05, 3.63) is 53.4 Å². The number of anilines is 1. The van der Waals surface area contributed by atoms with Crippen LogP contribution in [-0.4, -0.2) is 24.4 Å². The second kappa shape index (κ2) is 7.52. The molecule has 0 aliphatic carbocycles. The fourth-order valence-corrected chi connectivity index (χ4v) is 5.17. The van der Waals surface area contributed by atoms with E-state index < -0.39 is 10.0 Å². The summed E-state index contributed by atoms with van der Waals surface area (Å²) in [6.07, 6.45) is 3.91. The molecule has 0 bridgehead atoms. The summed E-state index contributed by atoms with van der Waals surface area (Å²) in [5, 5.41) is 1.28. The van der Waals surface area contributed by atoms with Gasteiger partial charge >= 0.3 is 0 Å². The van der Waals surface area contributed by atoms with Crippen LogP contribution in [0.2, 0.25) is 5.15 Å². The number of nitrogens with zero attached hydrogens (tertiary/aromatic N) is 2. The van der Waals surface area contributed by atoms with Gasteiger partial charge in [-0.3, -0.25) is 4.31 Å². The molecule has 2 heterocycles. The summed E-state index contributed by atoms with van der Waals surface area (Å²) in [5.74, 6) is 0.360. The predicted molar refractivity (Wildman–Crippen MR) is 111 cm³/mol. The van der Waals surface area contributed by atoms with Gasteiger partial charge in [-0.2, -0.15) is 0 Å². The number of H-pyrrole nitrogens is 1. The minimum Gasteiger partial charge on any atom is -0.361 e. The Bertz CT molecular complexity index is 1060. The number of hydrogen-bond donors (Lipinski definition) is 1. The Morgan fingerprint density at radius 1 is 1.19 bits per heavy atom.